The minimum absolute atomic E-state index is 0.111. The van der Waals surface area contributed by atoms with Gasteiger partial charge in [0.2, 0.25) is 0 Å². The first-order chi connectivity index (χ1) is 6.17. The molecule has 4 heteroatoms. The zero-order valence-electron chi connectivity index (χ0n) is 7.80. The summed E-state index contributed by atoms with van der Waals surface area (Å²) in [7, 11) is 1.92. The van der Waals surface area contributed by atoms with Gasteiger partial charge in [-0.15, -0.1) is 0 Å². The smallest absolute Gasteiger partial charge is 0.252 e. The van der Waals surface area contributed by atoms with Gasteiger partial charge in [0.1, 0.15) is 5.54 Å². The number of nitrogens with one attached hydrogen (secondary N) is 1. The van der Waals surface area contributed by atoms with E-state index in [1.807, 2.05) is 11.9 Å². The Bertz CT molecular complexity index is 258. The summed E-state index contributed by atoms with van der Waals surface area (Å²) in [4.78, 5) is 13.7. The summed E-state index contributed by atoms with van der Waals surface area (Å²) in [6, 6.07) is 0. The number of rotatable bonds is 0. The van der Waals surface area contributed by atoms with Gasteiger partial charge in [-0.1, -0.05) is 19.3 Å². The number of amides is 1. The molecule has 1 spiro atoms. The summed E-state index contributed by atoms with van der Waals surface area (Å²) in [6.45, 7) is 0. The lowest BCUT2D eigenvalue weighted by Gasteiger charge is -2.36. The molecule has 3 nitrogen and oxygen atoms in total. The van der Waals surface area contributed by atoms with Crippen LogP contribution in [-0.2, 0) is 4.79 Å². The molecule has 0 unspecified atom stereocenters. The number of likely N-dealkylation sites (N-methyl/N-ethyl adjacent to an activating group) is 1. The second-order valence-electron chi connectivity index (χ2n) is 3.91. The van der Waals surface area contributed by atoms with Crippen LogP contribution in [0.25, 0.3) is 0 Å². The lowest BCUT2D eigenvalue weighted by atomic mass is 9.81. The first kappa shape index (κ1) is 8.94. The van der Waals surface area contributed by atoms with Gasteiger partial charge in [0.15, 0.2) is 5.11 Å². The Balaban J connectivity index is 2.28. The summed E-state index contributed by atoms with van der Waals surface area (Å²) in [6.07, 6.45) is 5.43. The Morgan fingerprint density at radius 2 is 2.00 bits per heavy atom. The van der Waals surface area contributed by atoms with Crippen LogP contribution in [-0.4, -0.2) is 28.5 Å². The van der Waals surface area contributed by atoms with Crippen LogP contribution >= 0.6 is 12.2 Å². The van der Waals surface area contributed by atoms with Crippen molar-refractivity contribution in [1.82, 2.24) is 10.2 Å². The molecule has 2 rings (SSSR count). The molecule has 1 aliphatic heterocycles. The summed E-state index contributed by atoms with van der Waals surface area (Å²) in [5.74, 6) is 0.111. The molecule has 0 aromatic rings. The molecule has 2 fully saturated rings. The van der Waals surface area contributed by atoms with Crippen molar-refractivity contribution in [3.8, 4) is 0 Å². The molecule has 0 atom stereocenters. The largest absolute Gasteiger partial charge is 0.337 e. The van der Waals surface area contributed by atoms with Crippen molar-refractivity contribution >= 4 is 23.2 Å². The molecule has 0 aromatic carbocycles. The van der Waals surface area contributed by atoms with Crippen LogP contribution in [0.5, 0.6) is 0 Å². The zero-order valence-corrected chi connectivity index (χ0v) is 8.62. The highest BCUT2D eigenvalue weighted by atomic mass is 32.1. The summed E-state index contributed by atoms with van der Waals surface area (Å²) < 4.78 is 0. The molecule has 0 bridgehead atoms. The maximum atomic E-state index is 11.7. The number of carbonyl (C=O) groups is 1. The van der Waals surface area contributed by atoms with Crippen molar-refractivity contribution in [2.75, 3.05) is 7.05 Å². The van der Waals surface area contributed by atoms with Crippen molar-refractivity contribution < 1.29 is 4.79 Å². The molecule has 1 saturated carbocycles. The SMILES string of the molecule is CN1C(=S)NC(=O)C12CCCCC2. The fourth-order valence-electron chi connectivity index (χ4n) is 2.34. The maximum absolute atomic E-state index is 11.7. The van der Waals surface area contributed by atoms with Gasteiger partial charge in [-0.2, -0.15) is 0 Å². The van der Waals surface area contributed by atoms with Gasteiger partial charge in [0.05, 0.1) is 0 Å². The number of thiocarbonyl (C=S) groups is 1. The Kier molecular flexibility index (Phi) is 2.02. The fraction of sp³-hybridized carbons (Fsp3) is 0.778. The van der Waals surface area contributed by atoms with Crippen molar-refractivity contribution in [1.29, 1.82) is 0 Å². The number of carbonyl (C=O) groups excluding carboxylic acids is 1. The minimum atomic E-state index is -0.296. The van der Waals surface area contributed by atoms with Crippen LogP contribution < -0.4 is 5.32 Å². The molecule has 2 aliphatic rings. The second-order valence-corrected chi connectivity index (χ2v) is 4.30. The number of hydrogen-bond acceptors (Lipinski definition) is 2. The van der Waals surface area contributed by atoms with Gasteiger partial charge in [-0.25, -0.2) is 0 Å². The Hall–Kier alpha value is -0.640. The van der Waals surface area contributed by atoms with Crippen LogP contribution in [0.1, 0.15) is 32.1 Å². The third-order valence-electron chi connectivity index (χ3n) is 3.27. The van der Waals surface area contributed by atoms with E-state index in [0.29, 0.717) is 5.11 Å². The molecule has 1 amide bonds. The second kappa shape index (κ2) is 2.94. The van der Waals surface area contributed by atoms with E-state index in [1.165, 1.54) is 6.42 Å². The quantitative estimate of drug-likeness (QED) is 0.590. The molecule has 0 radical (unpaired) electrons. The predicted molar refractivity (Wildman–Crippen MR) is 54.3 cm³/mol. The average molecular weight is 198 g/mol. The monoisotopic (exact) mass is 198 g/mol. The van der Waals surface area contributed by atoms with E-state index in [9.17, 15) is 4.79 Å². The highest BCUT2D eigenvalue weighted by molar-refractivity contribution is 7.80. The van der Waals surface area contributed by atoms with Gasteiger partial charge in [0, 0.05) is 7.05 Å². The van der Waals surface area contributed by atoms with Crippen molar-refractivity contribution in [3.05, 3.63) is 0 Å². The van der Waals surface area contributed by atoms with E-state index in [0.717, 1.165) is 25.7 Å². The van der Waals surface area contributed by atoms with E-state index in [-0.39, 0.29) is 11.4 Å². The van der Waals surface area contributed by atoms with Crippen LogP contribution in [0.4, 0.5) is 0 Å². The number of hydrogen-bond donors (Lipinski definition) is 1. The lowest BCUT2D eigenvalue weighted by Crippen LogP contribution is -2.48. The molecule has 1 heterocycles. The summed E-state index contributed by atoms with van der Waals surface area (Å²) in [5, 5.41) is 3.34. The van der Waals surface area contributed by atoms with Crippen LogP contribution in [0.2, 0.25) is 0 Å². The molecule has 1 N–H and O–H groups in total. The molecule has 72 valence electrons. The van der Waals surface area contributed by atoms with Crippen LogP contribution in [0.3, 0.4) is 0 Å². The molecule has 1 aliphatic carbocycles. The van der Waals surface area contributed by atoms with Gasteiger partial charge >= 0.3 is 0 Å². The van der Waals surface area contributed by atoms with Gasteiger partial charge in [-0.3, -0.25) is 4.79 Å². The Labute approximate surface area is 83.5 Å². The molecule has 0 aromatic heterocycles. The van der Waals surface area contributed by atoms with Crippen molar-refractivity contribution in [2.45, 2.75) is 37.6 Å². The van der Waals surface area contributed by atoms with Gasteiger partial charge in [-0.05, 0) is 25.1 Å². The average Bonchev–Trinajstić information content (AvgIpc) is 2.34. The number of nitrogens with zero attached hydrogens (tertiary/aromatic N) is 1. The molecule has 1 saturated heterocycles. The standard InChI is InChI=1S/C9H14N2OS/c1-11-8(13)10-7(12)9(11)5-3-2-4-6-9/h2-6H2,1H3,(H,10,12,13). The highest BCUT2D eigenvalue weighted by Crippen LogP contribution is 2.35. The highest BCUT2D eigenvalue weighted by Gasteiger charge is 2.49. The zero-order chi connectivity index (χ0) is 9.47. The molecular formula is C9H14N2OS. The van der Waals surface area contributed by atoms with E-state index in [2.05, 4.69) is 5.32 Å². The fourth-order valence-corrected chi connectivity index (χ4v) is 2.61. The Morgan fingerprint density at radius 3 is 2.46 bits per heavy atom. The third kappa shape index (κ3) is 1.15. The first-order valence-electron chi connectivity index (χ1n) is 4.76. The topological polar surface area (TPSA) is 32.3 Å². The van der Waals surface area contributed by atoms with Crippen LogP contribution in [0.15, 0.2) is 0 Å². The summed E-state index contributed by atoms with van der Waals surface area (Å²) in [5.41, 5.74) is -0.296. The molecule has 13 heavy (non-hydrogen) atoms. The van der Waals surface area contributed by atoms with Crippen molar-refractivity contribution in [2.24, 2.45) is 0 Å². The van der Waals surface area contributed by atoms with E-state index < -0.39 is 0 Å². The minimum Gasteiger partial charge on any atom is -0.337 e. The normalized spacial score (nSPS) is 26.7. The summed E-state index contributed by atoms with van der Waals surface area (Å²) >= 11 is 5.07. The third-order valence-corrected chi connectivity index (χ3v) is 3.65. The van der Waals surface area contributed by atoms with Gasteiger partial charge < -0.3 is 10.2 Å². The van der Waals surface area contributed by atoms with E-state index in [4.69, 9.17) is 12.2 Å². The predicted octanol–water partition coefficient (Wildman–Crippen LogP) is 1.04. The Morgan fingerprint density at radius 1 is 1.38 bits per heavy atom. The van der Waals surface area contributed by atoms with E-state index >= 15 is 0 Å². The van der Waals surface area contributed by atoms with Gasteiger partial charge in [0.25, 0.3) is 5.91 Å². The first-order valence-corrected chi connectivity index (χ1v) is 5.17. The van der Waals surface area contributed by atoms with E-state index in [1.54, 1.807) is 0 Å². The van der Waals surface area contributed by atoms with Crippen molar-refractivity contribution in [3.63, 3.8) is 0 Å². The lowest BCUT2D eigenvalue weighted by molar-refractivity contribution is -0.127. The van der Waals surface area contributed by atoms with Crippen LogP contribution in [0, 0.1) is 0 Å². The maximum Gasteiger partial charge on any atom is 0.252 e. The molecular weight excluding hydrogens is 184 g/mol.